The standard InChI is InChI=1S/C10H10ClN5O3/c11-10-14-8(12)7-9(15-10)16(3-13-7)6-1-4(18)5(2-17)19-6/h3,6,17-18H,1-2H2,(H2,12,14,15)/t6-/m1/s1. The molecule has 0 unspecified atom stereocenters. The van der Waals surface area contributed by atoms with Gasteiger partial charge in [0.2, 0.25) is 5.28 Å². The average Bonchev–Trinajstić information content (AvgIpc) is 2.92. The van der Waals surface area contributed by atoms with E-state index in [9.17, 15) is 5.11 Å². The minimum atomic E-state index is -0.544. The Morgan fingerprint density at radius 1 is 1.53 bits per heavy atom. The predicted octanol–water partition coefficient (Wildman–Crippen LogP) is 0.743. The highest BCUT2D eigenvalue weighted by molar-refractivity contribution is 6.28. The second-order valence-electron chi connectivity index (χ2n) is 4.01. The average molecular weight is 284 g/mol. The molecule has 8 nitrogen and oxygen atoms in total. The normalized spacial score (nSPS) is 19.2. The number of nitrogen functional groups attached to an aromatic ring is 1. The first-order chi connectivity index (χ1) is 9.10. The fourth-order valence-electron chi connectivity index (χ4n) is 1.96. The monoisotopic (exact) mass is 283 g/mol. The molecule has 0 bridgehead atoms. The molecule has 0 spiro atoms. The van der Waals surface area contributed by atoms with Crippen LogP contribution in [0.4, 0.5) is 5.82 Å². The third kappa shape index (κ3) is 1.85. The number of nitrogens with zero attached hydrogens (tertiary/aromatic N) is 4. The minimum absolute atomic E-state index is 0.00229. The van der Waals surface area contributed by atoms with E-state index in [1.807, 2.05) is 0 Å². The first kappa shape index (κ1) is 12.0. The van der Waals surface area contributed by atoms with E-state index < -0.39 is 6.23 Å². The Morgan fingerprint density at radius 3 is 3.00 bits per heavy atom. The van der Waals surface area contributed by atoms with Crippen LogP contribution < -0.4 is 5.73 Å². The zero-order valence-electron chi connectivity index (χ0n) is 9.62. The van der Waals surface area contributed by atoms with Crippen molar-refractivity contribution in [3.8, 4) is 0 Å². The summed E-state index contributed by atoms with van der Waals surface area (Å²) >= 11 is 5.76. The van der Waals surface area contributed by atoms with E-state index in [-0.39, 0.29) is 35.6 Å². The highest BCUT2D eigenvalue weighted by Crippen LogP contribution is 2.32. The molecule has 0 radical (unpaired) electrons. The van der Waals surface area contributed by atoms with Gasteiger partial charge in [0, 0.05) is 0 Å². The number of fused-ring (bicyclic) bond motifs is 1. The van der Waals surface area contributed by atoms with Gasteiger partial charge in [-0.2, -0.15) is 9.97 Å². The minimum Gasteiger partial charge on any atom is -0.508 e. The van der Waals surface area contributed by atoms with Crippen molar-refractivity contribution in [2.24, 2.45) is 0 Å². The number of aromatic nitrogens is 4. The van der Waals surface area contributed by atoms with Gasteiger partial charge in [-0.25, -0.2) is 4.98 Å². The molecular weight excluding hydrogens is 274 g/mol. The van der Waals surface area contributed by atoms with Crippen LogP contribution in [0.3, 0.4) is 0 Å². The Balaban J connectivity index is 2.04. The Labute approximate surface area is 112 Å². The first-order valence-electron chi connectivity index (χ1n) is 5.44. The molecule has 4 N–H and O–H groups in total. The zero-order valence-corrected chi connectivity index (χ0v) is 10.4. The van der Waals surface area contributed by atoms with Gasteiger partial charge >= 0.3 is 0 Å². The van der Waals surface area contributed by atoms with Gasteiger partial charge < -0.3 is 20.7 Å². The molecule has 0 fully saturated rings. The van der Waals surface area contributed by atoms with E-state index >= 15 is 0 Å². The lowest BCUT2D eigenvalue weighted by molar-refractivity contribution is 0.0656. The van der Waals surface area contributed by atoms with Gasteiger partial charge in [0.25, 0.3) is 0 Å². The van der Waals surface area contributed by atoms with E-state index in [1.54, 1.807) is 4.57 Å². The number of hydrogen-bond donors (Lipinski definition) is 3. The maximum Gasteiger partial charge on any atom is 0.226 e. The molecule has 1 atom stereocenters. The van der Waals surface area contributed by atoms with Crippen LogP contribution in [0.15, 0.2) is 17.8 Å². The van der Waals surface area contributed by atoms with Crippen molar-refractivity contribution in [3.63, 3.8) is 0 Å². The molecule has 3 rings (SSSR count). The molecule has 19 heavy (non-hydrogen) atoms. The number of imidazole rings is 1. The lowest BCUT2D eigenvalue weighted by Gasteiger charge is -2.13. The molecule has 9 heteroatoms. The van der Waals surface area contributed by atoms with Crippen LogP contribution in [-0.2, 0) is 4.74 Å². The van der Waals surface area contributed by atoms with E-state index in [2.05, 4.69) is 15.0 Å². The Kier molecular flexibility index (Phi) is 2.68. The van der Waals surface area contributed by atoms with Crippen LogP contribution in [0.1, 0.15) is 12.6 Å². The summed E-state index contributed by atoms with van der Waals surface area (Å²) in [6, 6.07) is 0. The second-order valence-corrected chi connectivity index (χ2v) is 4.34. The molecule has 0 amide bonds. The van der Waals surface area contributed by atoms with Gasteiger partial charge in [-0.3, -0.25) is 4.57 Å². The molecule has 0 saturated heterocycles. The van der Waals surface area contributed by atoms with Crippen LogP contribution in [0.2, 0.25) is 5.28 Å². The number of ether oxygens (including phenoxy) is 1. The van der Waals surface area contributed by atoms with Gasteiger partial charge in [0.1, 0.15) is 24.2 Å². The van der Waals surface area contributed by atoms with Gasteiger partial charge in [-0.05, 0) is 11.6 Å². The summed E-state index contributed by atoms with van der Waals surface area (Å²) in [5, 5.41) is 18.6. The SMILES string of the molecule is Nc1nc(Cl)nc2c1ncn2[C@H]1CC(O)=C(CO)O1. The van der Waals surface area contributed by atoms with Gasteiger partial charge in [-0.15, -0.1) is 0 Å². The second kappa shape index (κ2) is 4.25. The third-order valence-corrected chi connectivity index (χ3v) is 3.01. The number of rotatable bonds is 2. The summed E-state index contributed by atoms with van der Waals surface area (Å²) in [6.07, 6.45) is 1.14. The van der Waals surface area contributed by atoms with E-state index in [0.29, 0.717) is 11.2 Å². The number of aliphatic hydroxyl groups is 2. The maximum atomic E-state index is 9.62. The molecule has 2 aromatic heterocycles. The molecule has 2 aromatic rings. The third-order valence-electron chi connectivity index (χ3n) is 2.84. The van der Waals surface area contributed by atoms with Crippen molar-refractivity contribution in [2.75, 3.05) is 12.3 Å². The fraction of sp³-hybridized carbons (Fsp3) is 0.300. The summed E-state index contributed by atoms with van der Waals surface area (Å²) in [5.41, 5.74) is 6.52. The lowest BCUT2D eigenvalue weighted by atomic mass is 10.3. The number of aliphatic hydroxyl groups excluding tert-OH is 2. The summed E-state index contributed by atoms with van der Waals surface area (Å²) in [7, 11) is 0. The van der Waals surface area contributed by atoms with Crippen molar-refractivity contribution in [3.05, 3.63) is 23.1 Å². The van der Waals surface area contributed by atoms with Crippen molar-refractivity contribution < 1.29 is 14.9 Å². The van der Waals surface area contributed by atoms with E-state index in [1.165, 1.54) is 6.33 Å². The van der Waals surface area contributed by atoms with Crippen LogP contribution in [-0.4, -0.2) is 36.3 Å². The molecule has 100 valence electrons. The maximum absolute atomic E-state index is 9.62. The number of anilines is 1. The Hall–Kier alpha value is -2.06. The van der Waals surface area contributed by atoms with Gasteiger partial charge in [-0.1, -0.05) is 0 Å². The highest BCUT2D eigenvalue weighted by atomic mass is 35.5. The molecule has 1 aliphatic rings. The predicted molar refractivity (Wildman–Crippen MR) is 66.2 cm³/mol. The summed E-state index contributed by atoms with van der Waals surface area (Å²) in [6.45, 7) is -0.368. The van der Waals surface area contributed by atoms with Crippen molar-refractivity contribution in [1.82, 2.24) is 19.5 Å². The van der Waals surface area contributed by atoms with Crippen LogP contribution in [0.25, 0.3) is 11.2 Å². The summed E-state index contributed by atoms with van der Waals surface area (Å²) in [5.74, 6) is 0.314. The Morgan fingerprint density at radius 2 is 2.32 bits per heavy atom. The molecule has 3 heterocycles. The fourth-order valence-corrected chi connectivity index (χ4v) is 2.13. The molecular formula is C10H10ClN5O3. The topological polar surface area (TPSA) is 119 Å². The van der Waals surface area contributed by atoms with E-state index in [4.69, 9.17) is 27.2 Å². The van der Waals surface area contributed by atoms with Crippen molar-refractivity contribution in [2.45, 2.75) is 12.6 Å². The Bertz CT molecular complexity index is 683. The zero-order chi connectivity index (χ0) is 13.6. The molecule has 1 aliphatic heterocycles. The van der Waals surface area contributed by atoms with Crippen LogP contribution >= 0.6 is 11.6 Å². The lowest BCUT2D eigenvalue weighted by Crippen LogP contribution is -2.09. The molecule has 0 saturated carbocycles. The van der Waals surface area contributed by atoms with Gasteiger partial charge in [0.15, 0.2) is 23.5 Å². The van der Waals surface area contributed by atoms with Gasteiger partial charge in [0.05, 0.1) is 6.42 Å². The quantitative estimate of drug-likeness (QED) is 0.695. The van der Waals surface area contributed by atoms with Crippen LogP contribution in [0, 0.1) is 0 Å². The number of nitrogens with two attached hydrogens (primary N) is 1. The van der Waals surface area contributed by atoms with Crippen molar-refractivity contribution >= 4 is 28.6 Å². The number of halogens is 1. The highest BCUT2D eigenvalue weighted by Gasteiger charge is 2.28. The summed E-state index contributed by atoms with van der Waals surface area (Å²) < 4.78 is 6.99. The van der Waals surface area contributed by atoms with E-state index in [0.717, 1.165) is 0 Å². The molecule has 0 aromatic carbocycles. The van der Waals surface area contributed by atoms with Crippen LogP contribution in [0.5, 0.6) is 0 Å². The first-order valence-corrected chi connectivity index (χ1v) is 5.82. The number of hydrogen-bond acceptors (Lipinski definition) is 7. The summed E-state index contributed by atoms with van der Waals surface area (Å²) in [4.78, 5) is 11.9. The smallest absolute Gasteiger partial charge is 0.226 e. The largest absolute Gasteiger partial charge is 0.508 e. The molecule has 0 aliphatic carbocycles. The van der Waals surface area contributed by atoms with Crippen molar-refractivity contribution in [1.29, 1.82) is 0 Å².